The van der Waals surface area contributed by atoms with Crippen LogP contribution in [0.2, 0.25) is 0 Å². The summed E-state index contributed by atoms with van der Waals surface area (Å²) in [6.07, 6.45) is 0.121. The normalized spacial score (nSPS) is 11.1. The molecule has 21 heavy (non-hydrogen) atoms. The van der Waals surface area contributed by atoms with Crippen molar-refractivity contribution in [3.05, 3.63) is 29.8 Å². The second-order valence-corrected chi connectivity index (χ2v) is 5.79. The zero-order chi connectivity index (χ0) is 15.9. The minimum Gasteiger partial charge on any atom is -0.496 e. The molecule has 0 spiro atoms. The molecule has 0 bridgehead atoms. The fourth-order valence-electron chi connectivity index (χ4n) is 1.86. The van der Waals surface area contributed by atoms with Gasteiger partial charge in [-0.1, -0.05) is 18.2 Å². The van der Waals surface area contributed by atoms with E-state index in [1.807, 2.05) is 45.0 Å². The van der Waals surface area contributed by atoms with Gasteiger partial charge in [-0.3, -0.25) is 0 Å². The van der Waals surface area contributed by atoms with Gasteiger partial charge in [0.1, 0.15) is 11.4 Å². The molecule has 0 aliphatic rings. The van der Waals surface area contributed by atoms with Gasteiger partial charge in [-0.05, 0) is 33.3 Å². The minimum absolute atomic E-state index is 0.0330. The van der Waals surface area contributed by atoms with Crippen LogP contribution in [0.4, 0.5) is 4.79 Å². The number of nitrogens with zero attached hydrogens (tertiary/aromatic N) is 1. The zero-order valence-electron chi connectivity index (χ0n) is 13.3. The summed E-state index contributed by atoms with van der Waals surface area (Å²) in [6, 6.07) is 7.55. The van der Waals surface area contributed by atoms with Crippen LogP contribution >= 0.6 is 0 Å². The Kier molecular flexibility index (Phi) is 6.49. The van der Waals surface area contributed by atoms with Crippen molar-refractivity contribution in [2.24, 2.45) is 0 Å². The van der Waals surface area contributed by atoms with Crippen LogP contribution in [0, 0.1) is 0 Å². The lowest BCUT2D eigenvalue weighted by Crippen LogP contribution is -2.37. The number of aliphatic hydroxyl groups is 1. The van der Waals surface area contributed by atoms with Crippen LogP contribution in [0.5, 0.6) is 5.75 Å². The number of benzene rings is 1. The molecule has 0 saturated carbocycles. The van der Waals surface area contributed by atoms with Crippen molar-refractivity contribution in [3.8, 4) is 5.75 Å². The minimum atomic E-state index is -0.546. The van der Waals surface area contributed by atoms with Crippen molar-refractivity contribution in [2.75, 3.05) is 20.3 Å². The highest BCUT2D eigenvalue weighted by molar-refractivity contribution is 5.68. The molecule has 5 heteroatoms. The third-order valence-electron chi connectivity index (χ3n) is 2.79. The number of amides is 1. The Hall–Kier alpha value is -1.75. The van der Waals surface area contributed by atoms with Crippen LogP contribution in [0.25, 0.3) is 0 Å². The molecule has 0 fully saturated rings. The van der Waals surface area contributed by atoms with Gasteiger partial charge in [0.15, 0.2) is 0 Å². The highest BCUT2D eigenvalue weighted by atomic mass is 16.6. The molecule has 1 aromatic rings. The Labute approximate surface area is 126 Å². The SMILES string of the molecule is COc1ccccc1CN(CCCO)C(=O)OC(C)(C)C. The summed E-state index contributed by atoms with van der Waals surface area (Å²) >= 11 is 0. The van der Waals surface area contributed by atoms with Crippen LogP contribution in [-0.2, 0) is 11.3 Å². The van der Waals surface area contributed by atoms with Crippen molar-refractivity contribution in [2.45, 2.75) is 39.3 Å². The lowest BCUT2D eigenvalue weighted by atomic mass is 10.2. The molecule has 1 aromatic carbocycles. The first-order valence-corrected chi connectivity index (χ1v) is 7.08. The third kappa shape index (κ3) is 6.04. The molecule has 0 heterocycles. The fraction of sp³-hybridized carbons (Fsp3) is 0.562. The summed E-state index contributed by atoms with van der Waals surface area (Å²) in [5.41, 5.74) is 0.360. The van der Waals surface area contributed by atoms with Gasteiger partial charge < -0.3 is 19.5 Å². The second kappa shape index (κ2) is 7.88. The number of carbonyl (C=O) groups excluding carboxylic acids is 1. The van der Waals surface area contributed by atoms with Gasteiger partial charge in [0.2, 0.25) is 0 Å². The summed E-state index contributed by atoms with van der Waals surface area (Å²) in [5.74, 6) is 0.732. The number of carbonyl (C=O) groups is 1. The number of aliphatic hydroxyl groups excluding tert-OH is 1. The van der Waals surface area contributed by atoms with E-state index in [4.69, 9.17) is 14.6 Å². The molecule has 5 nitrogen and oxygen atoms in total. The molecule has 0 aliphatic carbocycles. The molecule has 0 saturated heterocycles. The summed E-state index contributed by atoms with van der Waals surface area (Å²) in [7, 11) is 1.60. The van der Waals surface area contributed by atoms with Crippen LogP contribution in [0.3, 0.4) is 0 Å². The van der Waals surface area contributed by atoms with Crippen molar-refractivity contribution in [1.82, 2.24) is 4.90 Å². The summed E-state index contributed by atoms with van der Waals surface area (Å²) in [6.45, 7) is 6.35. The van der Waals surface area contributed by atoms with E-state index in [-0.39, 0.29) is 12.7 Å². The van der Waals surface area contributed by atoms with E-state index in [2.05, 4.69) is 0 Å². The van der Waals surface area contributed by atoms with Crippen LogP contribution in [0.15, 0.2) is 24.3 Å². The van der Waals surface area contributed by atoms with E-state index in [9.17, 15) is 4.79 Å². The molecule has 0 radical (unpaired) electrons. The molecule has 0 aliphatic heterocycles. The third-order valence-corrected chi connectivity index (χ3v) is 2.79. The Morgan fingerprint density at radius 3 is 2.52 bits per heavy atom. The quantitative estimate of drug-likeness (QED) is 0.876. The predicted octanol–water partition coefficient (Wildman–Crippen LogP) is 2.81. The molecule has 1 rings (SSSR count). The Morgan fingerprint density at radius 2 is 1.95 bits per heavy atom. The van der Waals surface area contributed by atoms with Gasteiger partial charge >= 0.3 is 6.09 Å². The smallest absolute Gasteiger partial charge is 0.410 e. The summed E-state index contributed by atoms with van der Waals surface area (Å²) in [4.78, 5) is 13.8. The van der Waals surface area contributed by atoms with Crippen LogP contribution in [0.1, 0.15) is 32.8 Å². The average Bonchev–Trinajstić information content (AvgIpc) is 2.41. The molecular formula is C16H25NO4. The van der Waals surface area contributed by atoms with Gasteiger partial charge in [-0.25, -0.2) is 4.79 Å². The molecule has 1 amide bonds. The average molecular weight is 295 g/mol. The molecule has 0 aromatic heterocycles. The number of ether oxygens (including phenoxy) is 2. The largest absolute Gasteiger partial charge is 0.496 e. The van der Waals surface area contributed by atoms with Crippen molar-refractivity contribution >= 4 is 6.09 Å². The van der Waals surface area contributed by atoms with Gasteiger partial charge in [0, 0.05) is 18.7 Å². The van der Waals surface area contributed by atoms with E-state index in [0.29, 0.717) is 19.5 Å². The number of hydrogen-bond donors (Lipinski definition) is 1. The van der Waals surface area contributed by atoms with Crippen LogP contribution in [-0.4, -0.2) is 42.0 Å². The monoisotopic (exact) mass is 295 g/mol. The van der Waals surface area contributed by atoms with E-state index < -0.39 is 5.60 Å². The first kappa shape index (κ1) is 17.3. The lowest BCUT2D eigenvalue weighted by Gasteiger charge is -2.27. The summed E-state index contributed by atoms with van der Waals surface area (Å²) < 4.78 is 10.7. The number of methoxy groups -OCH3 is 1. The zero-order valence-corrected chi connectivity index (χ0v) is 13.3. The highest BCUT2D eigenvalue weighted by Gasteiger charge is 2.22. The Balaban J connectivity index is 2.84. The topological polar surface area (TPSA) is 59.0 Å². The maximum Gasteiger partial charge on any atom is 0.410 e. The van der Waals surface area contributed by atoms with E-state index in [1.54, 1.807) is 12.0 Å². The maximum absolute atomic E-state index is 12.2. The number of para-hydroxylation sites is 1. The molecule has 118 valence electrons. The van der Waals surface area contributed by atoms with E-state index in [0.717, 1.165) is 11.3 Å². The van der Waals surface area contributed by atoms with Gasteiger partial charge in [-0.2, -0.15) is 0 Å². The standard InChI is InChI=1S/C16H25NO4/c1-16(2,3)21-15(19)17(10-7-11-18)12-13-8-5-6-9-14(13)20-4/h5-6,8-9,18H,7,10-12H2,1-4H3. The van der Waals surface area contributed by atoms with Gasteiger partial charge in [0.25, 0.3) is 0 Å². The van der Waals surface area contributed by atoms with Gasteiger partial charge in [0.05, 0.1) is 13.7 Å². The van der Waals surface area contributed by atoms with Crippen molar-refractivity contribution < 1.29 is 19.4 Å². The lowest BCUT2D eigenvalue weighted by molar-refractivity contribution is 0.0223. The van der Waals surface area contributed by atoms with Crippen molar-refractivity contribution in [3.63, 3.8) is 0 Å². The predicted molar refractivity (Wildman–Crippen MR) is 81.3 cm³/mol. The van der Waals surface area contributed by atoms with Crippen molar-refractivity contribution in [1.29, 1.82) is 0 Å². The first-order chi connectivity index (χ1) is 9.87. The van der Waals surface area contributed by atoms with E-state index >= 15 is 0 Å². The molecular weight excluding hydrogens is 270 g/mol. The molecule has 0 unspecified atom stereocenters. The number of hydrogen-bond acceptors (Lipinski definition) is 4. The molecule has 1 N–H and O–H groups in total. The number of rotatable bonds is 6. The summed E-state index contributed by atoms with van der Waals surface area (Å²) in [5, 5.41) is 8.99. The first-order valence-electron chi connectivity index (χ1n) is 7.08. The highest BCUT2D eigenvalue weighted by Crippen LogP contribution is 2.20. The fourth-order valence-corrected chi connectivity index (χ4v) is 1.86. The van der Waals surface area contributed by atoms with E-state index in [1.165, 1.54) is 0 Å². The molecule has 0 atom stereocenters. The van der Waals surface area contributed by atoms with Crippen LogP contribution < -0.4 is 4.74 Å². The Morgan fingerprint density at radius 1 is 1.29 bits per heavy atom. The van der Waals surface area contributed by atoms with Gasteiger partial charge in [-0.15, -0.1) is 0 Å². The second-order valence-electron chi connectivity index (χ2n) is 5.79. The Bertz CT molecular complexity index is 454. The maximum atomic E-state index is 12.2.